The van der Waals surface area contributed by atoms with Crippen molar-refractivity contribution in [3.05, 3.63) is 53.4 Å². The predicted octanol–water partition coefficient (Wildman–Crippen LogP) is 2.62. The predicted molar refractivity (Wildman–Crippen MR) is 106 cm³/mol. The summed E-state index contributed by atoms with van der Waals surface area (Å²) in [6, 6.07) is 9.13. The highest BCUT2D eigenvalue weighted by Crippen LogP contribution is 2.34. The number of rotatable bonds is 5. The number of hydrogen-bond acceptors (Lipinski definition) is 5. The smallest absolute Gasteiger partial charge is 0.219 e. The second-order valence-corrected chi connectivity index (χ2v) is 9.02. The molecule has 1 saturated heterocycles. The molecule has 0 bridgehead atoms. The van der Waals surface area contributed by atoms with E-state index in [0.717, 1.165) is 31.6 Å². The molecule has 1 aromatic rings. The first kappa shape index (κ1) is 18.4. The number of primary sulfonamides is 1. The molecule has 1 aliphatic heterocycles. The van der Waals surface area contributed by atoms with E-state index in [9.17, 15) is 8.42 Å². The topological polar surface area (TPSA) is 72.6 Å². The van der Waals surface area contributed by atoms with Crippen LogP contribution in [-0.2, 0) is 10.0 Å². The number of allylic oxidation sites excluding steroid dienone is 1. The average molecular weight is 397 g/mol. The third-order valence-electron chi connectivity index (χ3n) is 4.35. The zero-order chi connectivity index (χ0) is 18.0. The molecule has 2 aliphatic rings. The van der Waals surface area contributed by atoms with Crippen LogP contribution in [0.1, 0.15) is 19.3 Å². The summed E-state index contributed by atoms with van der Waals surface area (Å²) in [7, 11) is -3.87. The molecule has 1 fully saturated rings. The van der Waals surface area contributed by atoms with Crippen molar-refractivity contribution in [2.75, 3.05) is 13.1 Å². The summed E-state index contributed by atoms with van der Waals surface area (Å²) in [4.78, 5) is 2.13. The van der Waals surface area contributed by atoms with Gasteiger partial charge in [0.2, 0.25) is 10.0 Å². The quantitative estimate of drug-likeness (QED) is 0.591. The van der Waals surface area contributed by atoms with Gasteiger partial charge in [-0.15, -0.1) is 12.6 Å². The average Bonchev–Trinajstić information content (AvgIpc) is 3.09. The van der Waals surface area contributed by atoms with Gasteiger partial charge in [-0.3, -0.25) is 0 Å². The van der Waals surface area contributed by atoms with E-state index in [4.69, 9.17) is 22.1 Å². The van der Waals surface area contributed by atoms with Crippen molar-refractivity contribution in [1.29, 1.82) is 0 Å². The van der Waals surface area contributed by atoms with Gasteiger partial charge in [-0.05, 0) is 43.0 Å². The number of hydrogen-bond donors (Lipinski definition) is 2. The van der Waals surface area contributed by atoms with Gasteiger partial charge < -0.3 is 9.64 Å². The fraction of sp³-hybridized carbons (Fsp3) is 0.353. The Morgan fingerprint density at radius 1 is 1.24 bits per heavy atom. The normalized spacial score (nSPS) is 21.3. The highest BCUT2D eigenvalue weighted by molar-refractivity contribution is 8.11. The number of sulfonamides is 1. The van der Waals surface area contributed by atoms with Crippen molar-refractivity contribution >= 4 is 39.1 Å². The second-order valence-electron chi connectivity index (χ2n) is 6.12. The van der Waals surface area contributed by atoms with Gasteiger partial charge in [0.05, 0.1) is 9.89 Å². The van der Waals surface area contributed by atoms with Crippen molar-refractivity contribution < 1.29 is 13.2 Å². The first-order chi connectivity index (χ1) is 11.9. The lowest BCUT2D eigenvalue weighted by molar-refractivity contribution is 0.347. The maximum Gasteiger partial charge on any atom is 0.219 e. The number of nitrogens with two attached hydrogens (primary N) is 1. The van der Waals surface area contributed by atoms with Crippen molar-refractivity contribution in [2.24, 2.45) is 5.14 Å². The van der Waals surface area contributed by atoms with Gasteiger partial charge in [0.15, 0.2) is 0 Å². The van der Waals surface area contributed by atoms with Gasteiger partial charge in [0, 0.05) is 13.1 Å². The molecule has 1 atom stereocenters. The Kier molecular flexibility index (Phi) is 5.52. The lowest BCUT2D eigenvalue weighted by Gasteiger charge is -2.31. The van der Waals surface area contributed by atoms with Gasteiger partial charge >= 0.3 is 0 Å². The summed E-state index contributed by atoms with van der Waals surface area (Å²) in [6.45, 7) is 1.69. The fourth-order valence-corrected chi connectivity index (χ4v) is 4.28. The molecule has 8 heteroatoms. The monoisotopic (exact) mass is 396 g/mol. The minimum atomic E-state index is -3.87. The highest BCUT2D eigenvalue weighted by atomic mass is 32.2. The fourth-order valence-electron chi connectivity index (χ4n) is 3.11. The third-order valence-corrected chi connectivity index (χ3v) is 6.07. The minimum Gasteiger partial charge on any atom is -0.458 e. The van der Waals surface area contributed by atoms with Crippen molar-refractivity contribution in [2.45, 2.75) is 24.5 Å². The largest absolute Gasteiger partial charge is 0.458 e. The molecule has 0 saturated carbocycles. The Morgan fingerprint density at radius 3 is 2.44 bits per heavy atom. The summed E-state index contributed by atoms with van der Waals surface area (Å²) in [5, 5.41) is 4.54. The summed E-state index contributed by atoms with van der Waals surface area (Å²) >= 11 is 9.40. The first-order valence-electron chi connectivity index (χ1n) is 8.04. The number of benzene rings is 1. The van der Waals surface area contributed by atoms with Crippen LogP contribution >= 0.6 is 24.8 Å². The Morgan fingerprint density at radius 2 is 1.88 bits per heavy atom. The van der Waals surface area contributed by atoms with Crippen LogP contribution in [0.25, 0.3) is 0 Å². The van der Waals surface area contributed by atoms with Crippen molar-refractivity contribution in [1.82, 2.24) is 4.90 Å². The van der Waals surface area contributed by atoms with Crippen LogP contribution in [0.3, 0.4) is 0 Å². The molecule has 0 amide bonds. The maximum atomic E-state index is 12.3. The molecule has 0 spiro atoms. The van der Waals surface area contributed by atoms with Gasteiger partial charge in [-0.1, -0.05) is 30.4 Å². The number of likely N-dealkylation sites (tertiary alicyclic amines) is 1. The van der Waals surface area contributed by atoms with Crippen molar-refractivity contribution in [3.8, 4) is 5.75 Å². The molecular formula is C17H20N2O3S3. The number of ether oxygens (including phenoxy) is 1. The molecule has 2 N–H and O–H groups in total. The molecule has 1 unspecified atom stereocenters. The second kappa shape index (κ2) is 7.49. The molecule has 134 valence electrons. The molecule has 3 rings (SSSR count). The van der Waals surface area contributed by atoms with E-state index in [-0.39, 0.29) is 6.42 Å². The van der Waals surface area contributed by atoms with Crippen LogP contribution in [-0.4, -0.2) is 35.9 Å². The van der Waals surface area contributed by atoms with E-state index in [0.29, 0.717) is 21.3 Å². The summed E-state index contributed by atoms with van der Waals surface area (Å²) in [5.74, 6) is 0.942. The van der Waals surface area contributed by atoms with E-state index >= 15 is 0 Å². The Hall–Kier alpha value is -1.35. The van der Waals surface area contributed by atoms with Gasteiger partial charge in [-0.25, -0.2) is 13.6 Å². The molecule has 5 nitrogen and oxygen atoms in total. The third kappa shape index (κ3) is 4.25. The van der Waals surface area contributed by atoms with Crippen molar-refractivity contribution in [3.63, 3.8) is 0 Å². The Labute approximate surface area is 159 Å². The highest BCUT2D eigenvalue weighted by Gasteiger charge is 2.37. The molecule has 0 aromatic heterocycles. The number of nitrogens with zero attached hydrogens (tertiary/aromatic N) is 1. The van der Waals surface area contributed by atoms with Gasteiger partial charge in [-0.2, -0.15) is 0 Å². The number of thiol groups is 1. The maximum absolute atomic E-state index is 12.3. The van der Waals surface area contributed by atoms with Crippen LogP contribution in [0.4, 0.5) is 0 Å². The van der Waals surface area contributed by atoms with Gasteiger partial charge in [0.25, 0.3) is 0 Å². The zero-order valence-electron chi connectivity index (χ0n) is 13.6. The van der Waals surface area contributed by atoms with E-state index in [1.54, 1.807) is 12.1 Å². The van der Waals surface area contributed by atoms with Crippen LogP contribution in [0.2, 0.25) is 0 Å². The molecule has 1 heterocycles. The summed E-state index contributed by atoms with van der Waals surface area (Å²) < 4.78 is 30.9. The van der Waals surface area contributed by atoms with E-state index < -0.39 is 15.3 Å². The lowest BCUT2D eigenvalue weighted by atomic mass is 10.0. The first-order valence-corrected chi connectivity index (χ1v) is 10.5. The SMILES string of the molecule is NS(=O)(=O)C1CC(C(=S)S)=CC(N2CCCC2)=C1Oc1ccccc1. The summed E-state index contributed by atoms with van der Waals surface area (Å²) in [5.41, 5.74) is 1.43. The summed E-state index contributed by atoms with van der Waals surface area (Å²) in [6.07, 6.45) is 4.16. The van der Waals surface area contributed by atoms with E-state index in [2.05, 4.69) is 17.5 Å². The van der Waals surface area contributed by atoms with Crippen LogP contribution in [0.5, 0.6) is 5.75 Å². The standard InChI is InChI=1S/C17H20N2O3S3/c18-25(20,21)15-11-12(17(23)24)10-14(19-8-4-5-9-19)16(15)22-13-6-2-1-3-7-13/h1-3,6-7,10,15H,4-5,8-9,11H2,(H,23,24)(H2,18,20,21). The molecule has 25 heavy (non-hydrogen) atoms. The van der Waals surface area contributed by atoms with Crippen LogP contribution < -0.4 is 9.88 Å². The molecule has 1 aliphatic carbocycles. The zero-order valence-corrected chi connectivity index (χ0v) is 16.1. The molecule has 0 radical (unpaired) electrons. The number of para-hydroxylation sites is 1. The molecule has 1 aromatic carbocycles. The van der Waals surface area contributed by atoms with Gasteiger partial charge in [0.1, 0.15) is 16.8 Å². The lowest BCUT2D eigenvalue weighted by Crippen LogP contribution is -2.38. The Bertz CT molecular complexity index is 826. The van der Waals surface area contributed by atoms with Crippen LogP contribution in [0.15, 0.2) is 53.4 Å². The van der Waals surface area contributed by atoms with E-state index in [1.165, 1.54) is 0 Å². The minimum absolute atomic E-state index is 0.167. The van der Waals surface area contributed by atoms with E-state index in [1.807, 2.05) is 24.3 Å². The molecular weight excluding hydrogens is 376 g/mol. The van der Waals surface area contributed by atoms with Crippen LogP contribution in [0, 0.1) is 0 Å². The number of thiocarbonyl (C=S) groups is 1. The Balaban J connectivity index is 2.12.